The lowest BCUT2D eigenvalue weighted by Gasteiger charge is -2.24. The summed E-state index contributed by atoms with van der Waals surface area (Å²) in [6.07, 6.45) is 1.04. The van der Waals surface area contributed by atoms with Gasteiger partial charge in [-0.05, 0) is 61.7 Å². The van der Waals surface area contributed by atoms with E-state index in [2.05, 4.69) is 86.6 Å². The first-order valence-corrected chi connectivity index (χ1v) is 9.44. The van der Waals surface area contributed by atoms with Gasteiger partial charge in [-0.1, -0.05) is 86.6 Å². The van der Waals surface area contributed by atoms with Gasteiger partial charge in [-0.3, -0.25) is 0 Å². The van der Waals surface area contributed by atoms with Gasteiger partial charge in [0.05, 0.1) is 0 Å². The summed E-state index contributed by atoms with van der Waals surface area (Å²) in [5, 5.41) is 2.86. The highest BCUT2D eigenvalue weighted by Crippen LogP contribution is 2.58. The Labute approximate surface area is 154 Å². The van der Waals surface area contributed by atoms with Gasteiger partial charge in [0.2, 0.25) is 0 Å². The predicted molar refractivity (Wildman–Crippen MR) is 110 cm³/mol. The zero-order valence-electron chi connectivity index (χ0n) is 15.1. The number of hydrogen-bond donors (Lipinski definition) is 0. The number of hydrogen-bond acceptors (Lipinski definition) is 0. The third-order valence-corrected chi connectivity index (χ3v) is 6.47. The first-order chi connectivity index (χ1) is 12.7. The third-order valence-electron chi connectivity index (χ3n) is 6.47. The average Bonchev–Trinajstić information content (AvgIpc) is 3.16. The van der Waals surface area contributed by atoms with Gasteiger partial charge in [-0.15, -0.1) is 0 Å². The molecule has 0 nitrogen and oxygen atoms in total. The molecule has 4 aromatic carbocycles. The number of benzene rings is 4. The smallest absolute Gasteiger partial charge is 0.0165 e. The lowest BCUT2D eigenvalue weighted by atomic mass is 9.78. The van der Waals surface area contributed by atoms with Gasteiger partial charge >= 0.3 is 0 Å². The molecular weight excluding hydrogens is 312 g/mol. The lowest BCUT2D eigenvalue weighted by Crippen LogP contribution is -2.15. The van der Waals surface area contributed by atoms with Crippen LogP contribution in [0.1, 0.15) is 36.1 Å². The van der Waals surface area contributed by atoms with E-state index >= 15 is 0 Å². The molecule has 0 heteroatoms. The molecule has 0 bridgehead atoms. The maximum absolute atomic E-state index is 2.39. The highest BCUT2D eigenvalue weighted by Gasteiger charge is 2.40. The Bertz CT molecular complexity index is 1220. The Morgan fingerprint density at radius 1 is 0.654 bits per heavy atom. The fourth-order valence-corrected chi connectivity index (χ4v) is 5.40. The molecule has 26 heavy (non-hydrogen) atoms. The molecular formula is C26H20. The summed E-state index contributed by atoms with van der Waals surface area (Å²) < 4.78 is 0. The van der Waals surface area contributed by atoms with Gasteiger partial charge in [-0.2, -0.15) is 0 Å². The maximum atomic E-state index is 2.39. The molecule has 2 aliphatic rings. The summed E-state index contributed by atoms with van der Waals surface area (Å²) in [6.45, 7) is 4.77. The Kier molecular flexibility index (Phi) is 2.56. The molecule has 0 saturated heterocycles. The topological polar surface area (TPSA) is 0 Å². The second-order valence-corrected chi connectivity index (χ2v) is 8.15. The Hall–Kier alpha value is -2.86. The first-order valence-electron chi connectivity index (χ1n) is 9.44. The summed E-state index contributed by atoms with van der Waals surface area (Å²) in [5.41, 5.74) is 11.8. The van der Waals surface area contributed by atoms with E-state index < -0.39 is 0 Å². The standard InChI is InChI=1S/C26H20/c1-26(2)22-14-8-7-13-20(22)24-23-17-10-4-3-9-16(17)15-21(23)18-11-5-6-12-19(18)25(24)26/h3-14H,15H2,1-2H3. The second-order valence-electron chi connectivity index (χ2n) is 8.15. The second kappa shape index (κ2) is 4.65. The van der Waals surface area contributed by atoms with Crippen molar-refractivity contribution in [3.05, 3.63) is 95.1 Å². The van der Waals surface area contributed by atoms with Crippen LogP contribution in [0.3, 0.4) is 0 Å². The maximum Gasteiger partial charge on any atom is 0.0165 e. The minimum atomic E-state index is 0.0259. The zero-order chi connectivity index (χ0) is 17.5. The summed E-state index contributed by atoms with van der Waals surface area (Å²) >= 11 is 0. The molecule has 0 heterocycles. The van der Waals surface area contributed by atoms with Crippen LogP contribution >= 0.6 is 0 Å². The minimum Gasteiger partial charge on any atom is -0.0619 e. The quantitative estimate of drug-likeness (QED) is 0.295. The predicted octanol–water partition coefficient (Wildman–Crippen LogP) is 6.72. The van der Waals surface area contributed by atoms with Crippen LogP contribution in [-0.4, -0.2) is 0 Å². The molecule has 0 fully saturated rings. The van der Waals surface area contributed by atoms with Gasteiger partial charge in [0.1, 0.15) is 0 Å². The van der Waals surface area contributed by atoms with Crippen LogP contribution in [0, 0.1) is 0 Å². The Morgan fingerprint density at radius 2 is 1.31 bits per heavy atom. The molecule has 0 atom stereocenters. The van der Waals surface area contributed by atoms with Gasteiger partial charge in [0.15, 0.2) is 0 Å². The summed E-state index contributed by atoms with van der Waals surface area (Å²) in [7, 11) is 0. The Morgan fingerprint density at radius 3 is 2.15 bits per heavy atom. The van der Waals surface area contributed by atoms with E-state index in [0.29, 0.717) is 0 Å². The van der Waals surface area contributed by atoms with E-state index in [0.717, 1.165) is 6.42 Å². The molecule has 0 amide bonds. The van der Waals surface area contributed by atoms with Crippen molar-refractivity contribution in [2.24, 2.45) is 0 Å². The monoisotopic (exact) mass is 332 g/mol. The van der Waals surface area contributed by atoms with Crippen LogP contribution in [-0.2, 0) is 11.8 Å². The van der Waals surface area contributed by atoms with Crippen molar-refractivity contribution >= 4 is 10.8 Å². The fourth-order valence-electron chi connectivity index (χ4n) is 5.40. The molecule has 0 saturated carbocycles. The molecule has 124 valence electrons. The Balaban J connectivity index is 1.89. The first kappa shape index (κ1) is 14.3. The van der Waals surface area contributed by atoms with Crippen LogP contribution in [0.2, 0.25) is 0 Å². The molecule has 0 aliphatic heterocycles. The zero-order valence-corrected chi connectivity index (χ0v) is 15.1. The molecule has 0 radical (unpaired) electrons. The van der Waals surface area contributed by atoms with Crippen LogP contribution in [0.5, 0.6) is 0 Å². The van der Waals surface area contributed by atoms with Crippen molar-refractivity contribution < 1.29 is 0 Å². The fraction of sp³-hybridized carbons (Fsp3) is 0.154. The molecule has 0 N–H and O–H groups in total. The molecule has 2 aliphatic carbocycles. The van der Waals surface area contributed by atoms with Crippen molar-refractivity contribution in [2.75, 3.05) is 0 Å². The van der Waals surface area contributed by atoms with E-state index in [9.17, 15) is 0 Å². The highest BCUT2D eigenvalue weighted by molar-refractivity contribution is 6.09. The molecule has 0 unspecified atom stereocenters. The van der Waals surface area contributed by atoms with Crippen LogP contribution < -0.4 is 0 Å². The van der Waals surface area contributed by atoms with Crippen molar-refractivity contribution in [2.45, 2.75) is 25.7 Å². The van der Waals surface area contributed by atoms with E-state index in [1.54, 1.807) is 0 Å². The number of rotatable bonds is 0. The van der Waals surface area contributed by atoms with Crippen molar-refractivity contribution in [1.82, 2.24) is 0 Å². The molecule has 4 aromatic rings. The van der Waals surface area contributed by atoms with Crippen molar-refractivity contribution in [3.63, 3.8) is 0 Å². The van der Waals surface area contributed by atoms with Gasteiger partial charge in [0.25, 0.3) is 0 Å². The molecule has 6 rings (SSSR count). The largest absolute Gasteiger partial charge is 0.0619 e. The summed E-state index contributed by atoms with van der Waals surface area (Å²) in [5.74, 6) is 0. The van der Waals surface area contributed by atoms with Crippen LogP contribution in [0.15, 0.2) is 72.8 Å². The van der Waals surface area contributed by atoms with Crippen LogP contribution in [0.4, 0.5) is 0 Å². The molecule has 0 spiro atoms. The lowest BCUT2D eigenvalue weighted by molar-refractivity contribution is 0.666. The van der Waals surface area contributed by atoms with Crippen molar-refractivity contribution in [3.8, 4) is 22.3 Å². The average molecular weight is 332 g/mol. The number of fused-ring (bicyclic) bond motifs is 10. The summed E-state index contributed by atoms with van der Waals surface area (Å²) in [4.78, 5) is 0. The summed E-state index contributed by atoms with van der Waals surface area (Å²) in [6, 6.07) is 27.0. The normalized spacial score (nSPS) is 15.5. The molecule has 0 aromatic heterocycles. The van der Waals surface area contributed by atoms with Gasteiger partial charge in [0, 0.05) is 5.41 Å². The minimum absolute atomic E-state index is 0.0259. The van der Waals surface area contributed by atoms with E-state index in [1.165, 1.54) is 55.3 Å². The van der Waals surface area contributed by atoms with Crippen LogP contribution in [0.25, 0.3) is 33.0 Å². The van der Waals surface area contributed by atoms with Gasteiger partial charge in [-0.25, -0.2) is 0 Å². The van der Waals surface area contributed by atoms with E-state index in [4.69, 9.17) is 0 Å². The SMILES string of the molecule is CC1(C)c2ccccc2-c2c3c(c4ccccc4c21)Cc1ccccc1-3. The third kappa shape index (κ3) is 1.56. The van der Waals surface area contributed by atoms with E-state index in [-0.39, 0.29) is 5.41 Å². The van der Waals surface area contributed by atoms with E-state index in [1.807, 2.05) is 0 Å². The highest BCUT2D eigenvalue weighted by atomic mass is 14.4. The van der Waals surface area contributed by atoms with Gasteiger partial charge < -0.3 is 0 Å². The van der Waals surface area contributed by atoms with Crippen molar-refractivity contribution in [1.29, 1.82) is 0 Å².